The third-order valence-corrected chi connectivity index (χ3v) is 6.39. The van der Waals surface area contributed by atoms with E-state index in [0.29, 0.717) is 11.5 Å². The number of rotatable bonds is 6. The molecule has 4 heteroatoms. The molecule has 0 heterocycles. The van der Waals surface area contributed by atoms with E-state index in [2.05, 4.69) is 53.7 Å². The molecule has 32 heavy (non-hydrogen) atoms. The maximum atomic E-state index is 10.6. The van der Waals surface area contributed by atoms with Gasteiger partial charge in [-0.3, -0.25) is 9.98 Å². The van der Waals surface area contributed by atoms with Crippen molar-refractivity contribution < 1.29 is 10.2 Å². The summed E-state index contributed by atoms with van der Waals surface area (Å²) < 4.78 is 0. The predicted octanol–water partition coefficient (Wildman–Crippen LogP) is 6.81. The van der Waals surface area contributed by atoms with Crippen LogP contribution in [-0.2, 0) is 0 Å². The van der Waals surface area contributed by atoms with E-state index in [1.807, 2.05) is 24.6 Å². The normalized spacial score (nSPS) is 19.6. The Hall–Kier alpha value is -2.62. The molecular formula is C28H38N2O2. The van der Waals surface area contributed by atoms with Gasteiger partial charge in [0.25, 0.3) is 0 Å². The molecule has 1 fully saturated rings. The molecule has 0 spiro atoms. The molecule has 1 aliphatic carbocycles. The summed E-state index contributed by atoms with van der Waals surface area (Å²) >= 11 is 0. The molecule has 0 atom stereocenters. The van der Waals surface area contributed by atoms with E-state index >= 15 is 0 Å². The lowest BCUT2D eigenvalue weighted by molar-refractivity contribution is 0.399. The number of hydrogen-bond donors (Lipinski definition) is 2. The summed E-state index contributed by atoms with van der Waals surface area (Å²) in [7, 11) is 0. The van der Waals surface area contributed by atoms with E-state index in [-0.39, 0.29) is 23.9 Å². The maximum absolute atomic E-state index is 10.6. The molecule has 2 N–H and O–H groups in total. The lowest BCUT2D eigenvalue weighted by atomic mass is 9.91. The maximum Gasteiger partial charge on any atom is 0.127 e. The summed E-state index contributed by atoms with van der Waals surface area (Å²) in [6, 6.07) is 8.64. The van der Waals surface area contributed by atoms with Crippen molar-refractivity contribution >= 4 is 12.4 Å². The summed E-state index contributed by atoms with van der Waals surface area (Å²) in [4.78, 5) is 9.58. The van der Waals surface area contributed by atoms with E-state index in [1.165, 1.54) is 0 Å². The van der Waals surface area contributed by atoms with Gasteiger partial charge < -0.3 is 10.2 Å². The first-order valence-electron chi connectivity index (χ1n) is 11.9. The molecular weight excluding hydrogens is 396 g/mol. The Morgan fingerprint density at radius 1 is 0.688 bits per heavy atom. The van der Waals surface area contributed by atoms with Gasteiger partial charge in [-0.05, 0) is 85.8 Å². The number of phenols is 2. The SMILES string of the molecule is Cc1cc(C=NC2CCC(N=Cc3cc(C)cc(C(C)C)c3O)CC2)c(O)c(C(C)C)c1. The van der Waals surface area contributed by atoms with Gasteiger partial charge in [0, 0.05) is 23.6 Å². The van der Waals surface area contributed by atoms with Gasteiger partial charge in [0.2, 0.25) is 0 Å². The highest BCUT2D eigenvalue weighted by Crippen LogP contribution is 2.32. The smallest absolute Gasteiger partial charge is 0.127 e. The first-order chi connectivity index (χ1) is 15.2. The molecule has 0 saturated heterocycles. The van der Waals surface area contributed by atoms with E-state index < -0.39 is 0 Å². The van der Waals surface area contributed by atoms with Crippen LogP contribution in [-0.4, -0.2) is 34.7 Å². The van der Waals surface area contributed by atoms with Crippen LogP contribution < -0.4 is 0 Å². The second kappa shape index (κ2) is 10.3. The number of nitrogens with zero attached hydrogens (tertiary/aromatic N) is 2. The van der Waals surface area contributed by atoms with E-state index in [4.69, 9.17) is 9.98 Å². The second-order valence-electron chi connectivity index (χ2n) is 9.91. The minimum Gasteiger partial charge on any atom is -0.507 e. The Labute approximate surface area is 193 Å². The van der Waals surface area contributed by atoms with Gasteiger partial charge in [0.15, 0.2) is 0 Å². The van der Waals surface area contributed by atoms with Gasteiger partial charge in [-0.25, -0.2) is 0 Å². The zero-order valence-corrected chi connectivity index (χ0v) is 20.4. The quantitative estimate of drug-likeness (QED) is 0.490. The van der Waals surface area contributed by atoms with Crippen LogP contribution in [0.3, 0.4) is 0 Å². The molecule has 3 rings (SSSR count). The van der Waals surface area contributed by atoms with Crippen molar-refractivity contribution in [2.45, 2.75) is 91.1 Å². The van der Waals surface area contributed by atoms with Crippen LogP contribution in [0.25, 0.3) is 0 Å². The van der Waals surface area contributed by atoms with Crippen LogP contribution in [0.15, 0.2) is 34.3 Å². The Morgan fingerprint density at radius 2 is 1.03 bits per heavy atom. The molecule has 0 aliphatic heterocycles. The standard InChI is InChI=1S/C28H38N2O2/c1-17(2)25-13-19(5)11-21(27(25)31)15-29-23-7-9-24(10-8-23)30-16-22-12-20(6)14-26(18(3)4)28(22)32/h11-18,23-24,31-32H,7-10H2,1-6H3. The summed E-state index contributed by atoms with van der Waals surface area (Å²) in [6.45, 7) is 12.5. The zero-order valence-electron chi connectivity index (χ0n) is 20.4. The molecule has 0 bridgehead atoms. The summed E-state index contributed by atoms with van der Waals surface area (Å²) in [6.07, 6.45) is 7.64. The Bertz CT molecular complexity index is 915. The Morgan fingerprint density at radius 3 is 1.34 bits per heavy atom. The monoisotopic (exact) mass is 434 g/mol. The number of aryl methyl sites for hydroxylation is 2. The highest BCUT2D eigenvalue weighted by Gasteiger charge is 2.20. The average Bonchev–Trinajstić information content (AvgIpc) is 2.74. The highest BCUT2D eigenvalue weighted by atomic mass is 16.3. The van der Waals surface area contributed by atoms with E-state index in [0.717, 1.165) is 59.1 Å². The first kappa shape index (κ1) is 24.0. The van der Waals surface area contributed by atoms with Crippen molar-refractivity contribution in [3.05, 3.63) is 57.6 Å². The van der Waals surface area contributed by atoms with Gasteiger partial charge in [0.05, 0.1) is 12.1 Å². The minimum atomic E-state index is 0.267. The van der Waals surface area contributed by atoms with E-state index in [9.17, 15) is 10.2 Å². The molecule has 0 aromatic heterocycles. The molecule has 0 amide bonds. The lowest BCUT2D eigenvalue weighted by Crippen LogP contribution is -2.20. The van der Waals surface area contributed by atoms with Gasteiger partial charge in [0.1, 0.15) is 11.5 Å². The van der Waals surface area contributed by atoms with Crippen molar-refractivity contribution in [1.29, 1.82) is 0 Å². The van der Waals surface area contributed by atoms with Gasteiger partial charge in [-0.2, -0.15) is 0 Å². The third-order valence-electron chi connectivity index (χ3n) is 6.39. The Kier molecular flexibility index (Phi) is 7.76. The summed E-state index contributed by atoms with van der Waals surface area (Å²) in [5, 5.41) is 21.2. The third kappa shape index (κ3) is 5.79. The van der Waals surface area contributed by atoms with Crippen molar-refractivity contribution in [3.8, 4) is 11.5 Å². The van der Waals surface area contributed by atoms with Gasteiger partial charge in [-0.1, -0.05) is 39.8 Å². The molecule has 1 aliphatic rings. The molecule has 172 valence electrons. The molecule has 0 unspecified atom stereocenters. The van der Waals surface area contributed by atoms with Crippen molar-refractivity contribution in [3.63, 3.8) is 0 Å². The number of aliphatic imine (C=N–C) groups is 2. The fourth-order valence-corrected chi connectivity index (χ4v) is 4.48. The topological polar surface area (TPSA) is 65.2 Å². The lowest BCUT2D eigenvalue weighted by Gasteiger charge is -2.23. The van der Waals surface area contributed by atoms with Crippen LogP contribution in [0.5, 0.6) is 11.5 Å². The number of phenolic OH excluding ortho intramolecular Hbond substituents is 2. The summed E-state index contributed by atoms with van der Waals surface area (Å²) in [5.74, 6) is 1.26. The molecule has 0 radical (unpaired) electrons. The van der Waals surface area contributed by atoms with Gasteiger partial charge >= 0.3 is 0 Å². The molecule has 2 aromatic carbocycles. The van der Waals surface area contributed by atoms with Crippen LogP contribution in [0.2, 0.25) is 0 Å². The van der Waals surface area contributed by atoms with Crippen molar-refractivity contribution in [2.24, 2.45) is 9.98 Å². The fourth-order valence-electron chi connectivity index (χ4n) is 4.48. The minimum absolute atomic E-state index is 0.267. The molecule has 2 aromatic rings. The number of benzene rings is 2. The van der Waals surface area contributed by atoms with Crippen LogP contribution in [0.1, 0.15) is 98.6 Å². The fraction of sp³-hybridized carbons (Fsp3) is 0.500. The number of hydrogen-bond acceptors (Lipinski definition) is 4. The molecule has 4 nitrogen and oxygen atoms in total. The van der Waals surface area contributed by atoms with Crippen LogP contribution >= 0.6 is 0 Å². The van der Waals surface area contributed by atoms with Gasteiger partial charge in [-0.15, -0.1) is 0 Å². The van der Waals surface area contributed by atoms with Crippen molar-refractivity contribution in [2.75, 3.05) is 0 Å². The number of aromatic hydroxyl groups is 2. The zero-order chi connectivity index (χ0) is 23.4. The Balaban J connectivity index is 1.63. The predicted molar refractivity (Wildman–Crippen MR) is 135 cm³/mol. The van der Waals surface area contributed by atoms with E-state index in [1.54, 1.807) is 0 Å². The second-order valence-corrected chi connectivity index (χ2v) is 9.91. The first-order valence-corrected chi connectivity index (χ1v) is 11.9. The largest absolute Gasteiger partial charge is 0.507 e. The molecule has 1 saturated carbocycles. The average molecular weight is 435 g/mol. The highest BCUT2D eigenvalue weighted by molar-refractivity contribution is 5.85. The van der Waals surface area contributed by atoms with Crippen molar-refractivity contribution in [1.82, 2.24) is 0 Å². The summed E-state index contributed by atoms with van der Waals surface area (Å²) in [5.41, 5.74) is 5.86. The van der Waals surface area contributed by atoms with Crippen LogP contribution in [0, 0.1) is 13.8 Å². The van der Waals surface area contributed by atoms with Crippen LogP contribution in [0.4, 0.5) is 0 Å².